The SMILES string of the molecule is CCOC(=O)c1ccc(NC(=O)C(Sc2cccc(NC(=O)/C(=C/c3cccs3)NC(=O)c3ccccc3)c2)c2ccccc2)cc1. The lowest BCUT2D eigenvalue weighted by Crippen LogP contribution is -2.30. The van der Waals surface area contributed by atoms with E-state index in [0.29, 0.717) is 22.5 Å². The Labute approximate surface area is 280 Å². The van der Waals surface area contributed by atoms with Crippen LogP contribution in [0.15, 0.2) is 137 Å². The first-order valence-corrected chi connectivity index (χ1v) is 16.5. The molecule has 0 fully saturated rings. The third-order valence-electron chi connectivity index (χ3n) is 6.71. The Morgan fingerprint density at radius 3 is 2.17 bits per heavy atom. The average molecular weight is 662 g/mol. The van der Waals surface area contributed by atoms with E-state index in [0.717, 1.165) is 15.3 Å². The fourth-order valence-corrected chi connectivity index (χ4v) is 6.19. The maximum atomic E-state index is 13.6. The zero-order valence-corrected chi connectivity index (χ0v) is 27.0. The molecule has 47 heavy (non-hydrogen) atoms. The van der Waals surface area contributed by atoms with Gasteiger partial charge >= 0.3 is 5.97 Å². The Balaban J connectivity index is 1.33. The van der Waals surface area contributed by atoms with E-state index in [-0.39, 0.29) is 18.2 Å². The molecular weight excluding hydrogens is 631 g/mol. The fourth-order valence-electron chi connectivity index (χ4n) is 4.45. The maximum Gasteiger partial charge on any atom is 0.338 e. The predicted octanol–water partition coefficient (Wildman–Crippen LogP) is 7.81. The van der Waals surface area contributed by atoms with Gasteiger partial charge in [-0.15, -0.1) is 23.1 Å². The largest absolute Gasteiger partial charge is 0.462 e. The smallest absolute Gasteiger partial charge is 0.338 e. The standard InChI is InChI=1S/C37H31N3O5S2/c1-2-45-37(44)27-18-20-28(21-19-27)38-36(43)33(25-11-5-3-6-12-25)47-31-16-9-15-29(23-31)39-35(42)32(24-30-17-10-22-46-30)40-34(41)26-13-7-4-8-14-26/h3-24,33H,2H2,1H3,(H,38,43)(H,39,42)(H,40,41)/b32-24-. The number of hydrogen-bond acceptors (Lipinski definition) is 7. The highest BCUT2D eigenvalue weighted by Crippen LogP contribution is 2.37. The number of amides is 3. The van der Waals surface area contributed by atoms with Gasteiger partial charge in [0.15, 0.2) is 0 Å². The minimum Gasteiger partial charge on any atom is -0.462 e. The molecule has 3 amide bonds. The Hall–Kier alpha value is -5.45. The molecule has 236 valence electrons. The zero-order valence-electron chi connectivity index (χ0n) is 25.3. The first-order chi connectivity index (χ1) is 22.9. The second kappa shape index (κ2) is 16.2. The van der Waals surface area contributed by atoms with Crippen molar-refractivity contribution < 1.29 is 23.9 Å². The highest BCUT2D eigenvalue weighted by atomic mass is 32.2. The summed E-state index contributed by atoms with van der Waals surface area (Å²) in [7, 11) is 0. The summed E-state index contributed by atoms with van der Waals surface area (Å²) >= 11 is 2.77. The van der Waals surface area contributed by atoms with Gasteiger partial charge in [0.1, 0.15) is 10.9 Å². The van der Waals surface area contributed by atoms with Crippen LogP contribution >= 0.6 is 23.1 Å². The van der Waals surface area contributed by atoms with E-state index < -0.39 is 23.0 Å². The molecule has 4 aromatic carbocycles. The molecule has 0 saturated carbocycles. The van der Waals surface area contributed by atoms with Crippen molar-refractivity contribution in [3.63, 3.8) is 0 Å². The number of thiophene rings is 1. The fraction of sp³-hybridized carbons (Fsp3) is 0.0811. The van der Waals surface area contributed by atoms with Crippen LogP contribution in [0.1, 0.15) is 43.3 Å². The third kappa shape index (κ3) is 9.29. The Morgan fingerprint density at radius 2 is 1.49 bits per heavy atom. The molecule has 1 heterocycles. The lowest BCUT2D eigenvalue weighted by molar-refractivity contribution is -0.116. The summed E-state index contributed by atoms with van der Waals surface area (Å²) in [5.41, 5.74) is 2.73. The van der Waals surface area contributed by atoms with Crippen LogP contribution in [0.5, 0.6) is 0 Å². The average Bonchev–Trinajstić information content (AvgIpc) is 3.61. The van der Waals surface area contributed by atoms with E-state index in [1.165, 1.54) is 23.1 Å². The van der Waals surface area contributed by atoms with E-state index in [4.69, 9.17) is 4.74 Å². The molecule has 5 aromatic rings. The predicted molar refractivity (Wildman–Crippen MR) is 187 cm³/mol. The lowest BCUT2D eigenvalue weighted by Gasteiger charge is -2.18. The number of hydrogen-bond donors (Lipinski definition) is 3. The van der Waals surface area contributed by atoms with Gasteiger partial charge in [-0.1, -0.05) is 60.7 Å². The van der Waals surface area contributed by atoms with Gasteiger partial charge in [-0.05, 0) is 84.6 Å². The quantitative estimate of drug-likeness (QED) is 0.0714. The number of carbonyl (C=O) groups excluding carboxylic acids is 4. The normalized spacial score (nSPS) is 11.6. The molecule has 1 atom stereocenters. The molecule has 0 saturated heterocycles. The van der Waals surface area contributed by atoms with Crippen molar-refractivity contribution in [2.45, 2.75) is 17.1 Å². The molecule has 0 aliphatic heterocycles. The third-order valence-corrected chi connectivity index (χ3v) is 8.78. The van der Waals surface area contributed by atoms with Gasteiger partial charge in [-0.25, -0.2) is 4.79 Å². The van der Waals surface area contributed by atoms with Crippen LogP contribution < -0.4 is 16.0 Å². The van der Waals surface area contributed by atoms with Gasteiger partial charge in [0.2, 0.25) is 5.91 Å². The van der Waals surface area contributed by atoms with Crippen molar-refractivity contribution in [2.75, 3.05) is 17.2 Å². The summed E-state index contributed by atoms with van der Waals surface area (Å²) in [5.74, 6) is -1.58. The van der Waals surface area contributed by atoms with Gasteiger partial charge in [0, 0.05) is 26.7 Å². The number of anilines is 2. The number of nitrogens with one attached hydrogen (secondary N) is 3. The second-order valence-electron chi connectivity index (χ2n) is 10.1. The van der Waals surface area contributed by atoms with Crippen molar-refractivity contribution in [2.24, 2.45) is 0 Å². The first-order valence-electron chi connectivity index (χ1n) is 14.7. The first kappa shape index (κ1) is 32.9. The maximum absolute atomic E-state index is 13.6. The van der Waals surface area contributed by atoms with Gasteiger partial charge in [-0.2, -0.15) is 0 Å². The number of benzene rings is 4. The highest BCUT2D eigenvalue weighted by Gasteiger charge is 2.23. The molecule has 0 aliphatic rings. The summed E-state index contributed by atoms with van der Waals surface area (Å²) in [6.45, 7) is 2.01. The molecule has 3 N–H and O–H groups in total. The van der Waals surface area contributed by atoms with Crippen molar-refractivity contribution in [3.05, 3.63) is 154 Å². The van der Waals surface area contributed by atoms with Crippen molar-refractivity contribution in [1.29, 1.82) is 0 Å². The van der Waals surface area contributed by atoms with Crippen LogP contribution in [0.25, 0.3) is 6.08 Å². The Bertz CT molecular complexity index is 1860. The van der Waals surface area contributed by atoms with E-state index >= 15 is 0 Å². The van der Waals surface area contributed by atoms with E-state index in [2.05, 4.69) is 16.0 Å². The molecule has 1 unspecified atom stereocenters. The van der Waals surface area contributed by atoms with Gasteiger partial charge in [0.25, 0.3) is 11.8 Å². The van der Waals surface area contributed by atoms with Gasteiger partial charge in [-0.3, -0.25) is 14.4 Å². The van der Waals surface area contributed by atoms with Crippen LogP contribution in [-0.2, 0) is 14.3 Å². The Kier molecular flexibility index (Phi) is 11.4. The van der Waals surface area contributed by atoms with Gasteiger partial charge in [0.05, 0.1) is 12.2 Å². The molecule has 0 spiro atoms. The molecule has 0 bridgehead atoms. The van der Waals surface area contributed by atoms with Crippen LogP contribution in [0.2, 0.25) is 0 Å². The zero-order chi connectivity index (χ0) is 33.0. The molecule has 0 aliphatic carbocycles. The van der Waals surface area contributed by atoms with Crippen LogP contribution in [0, 0.1) is 0 Å². The van der Waals surface area contributed by atoms with Crippen molar-refractivity contribution in [3.8, 4) is 0 Å². The molecule has 1 aromatic heterocycles. The minimum atomic E-state index is -0.633. The second-order valence-corrected chi connectivity index (χ2v) is 12.2. The summed E-state index contributed by atoms with van der Waals surface area (Å²) in [6.07, 6.45) is 1.63. The summed E-state index contributed by atoms with van der Waals surface area (Å²) in [6, 6.07) is 35.5. The van der Waals surface area contributed by atoms with Crippen LogP contribution in [0.4, 0.5) is 11.4 Å². The lowest BCUT2D eigenvalue weighted by atomic mass is 10.1. The monoisotopic (exact) mass is 661 g/mol. The Morgan fingerprint density at radius 1 is 0.766 bits per heavy atom. The van der Waals surface area contributed by atoms with Crippen molar-refractivity contribution >= 4 is 64.2 Å². The van der Waals surface area contributed by atoms with E-state index in [1.54, 1.807) is 79.7 Å². The van der Waals surface area contributed by atoms with E-state index in [1.807, 2.05) is 60.0 Å². The molecule has 5 rings (SSSR count). The summed E-state index contributed by atoms with van der Waals surface area (Å²) in [4.78, 5) is 53.6. The molecular formula is C37H31N3O5S2. The molecule has 10 heteroatoms. The number of rotatable bonds is 12. The highest BCUT2D eigenvalue weighted by molar-refractivity contribution is 8.00. The van der Waals surface area contributed by atoms with Crippen molar-refractivity contribution in [1.82, 2.24) is 5.32 Å². The minimum absolute atomic E-state index is 0.0925. The number of esters is 1. The van der Waals surface area contributed by atoms with Crippen LogP contribution in [-0.4, -0.2) is 30.3 Å². The van der Waals surface area contributed by atoms with Crippen LogP contribution in [0.3, 0.4) is 0 Å². The summed E-state index contributed by atoms with van der Waals surface area (Å²) < 4.78 is 5.04. The number of ether oxygens (including phenoxy) is 1. The number of thioether (sulfide) groups is 1. The van der Waals surface area contributed by atoms with E-state index in [9.17, 15) is 19.2 Å². The number of carbonyl (C=O) groups is 4. The summed E-state index contributed by atoms with van der Waals surface area (Å²) in [5, 5.41) is 9.83. The topological polar surface area (TPSA) is 114 Å². The molecule has 8 nitrogen and oxygen atoms in total. The molecule has 0 radical (unpaired) electrons. The van der Waals surface area contributed by atoms with Gasteiger partial charge < -0.3 is 20.7 Å².